The van der Waals surface area contributed by atoms with Crippen LogP contribution in [0.1, 0.15) is 16.7 Å². The van der Waals surface area contributed by atoms with Gasteiger partial charge in [0.2, 0.25) is 0 Å². The van der Waals surface area contributed by atoms with Crippen LogP contribution in [0.4, 0.5) is 10.1 Å². The van der Waals surface area contributed by atoms with Crippen LogP contribution in [0.15, 0.2) is 60.7 Å². The number of nitrogens with one attached hydrogen (secondary N) is 2. The van der Waals surface area contributed by atoms with E-state index in [1.807, 2.05) is 37.3 Å². The molecule has 0 radical (unpaired) electrons. The zero-order valence-corrected chi connectivity index (χ0v) is 18.8. The smallest absolute Gasteiger partial charge is 0.262 e. The second kappa shape index (κ2) is 11.5. The van der Waals surface area contributed by atoms with Crippen molar-refractivity contribution in [1.82, 2.24) is 5.32 Å². The zero-order valence-electron chi connectivity index (χ0n) is 18.1. The number of hydrogen-bond donors (Lipinski definition) is 2. The number of amides is 1. The number of anilines is 1. The first-order valence-electron chi connectivity index (χ1n) is 10.3. The molecule has 2 N–H and O–H groups in total. The lowest BCUT2D eigenvalue weighted by atomic mass is 10.1. The number of benzene rings is 3. The molecule has 0 aliphatic rings. The van der Waals surface area contributed by atoms with Gasteiger partial charge in [0, 0.05) is 12.2 Å². The van der Waals surface area contributed by atoms with E-state index in [2.05, 4.69) is 10.6 Å². The lowest BCUT2D eigenvalue weighted by molar-refractivity contribution is -0.118. The third-order valence-electron chi connectivity index (χ3n) is 4.83. The predicted molar refractivity (Wildman–Crippen MR) is 125 cm³/mol. The maximum atomic E-state index is 13.7. The Kier molecular flexibility index (Phi) is 8.48. The van der Waals surface area contributed by atoms with Crippen molar-refractivity contribution >= 4 is 23.2 Å². The first kappa shape index (κ1) is 23.6. The molecule has 0 bridgehead atoms. The SMILES string of the molecule is COc1cc(CNCCc2ccccc2F)cc(Cl)c1OCC(=O)Nc1ccc(C)cc1. The van der Waals surface area contributed by atoms with Crippen molar-refractivity contribution < 1.29 is 18.7 Å². The Bertz CT molecular complexity index is 1060. The summed E-state index contributed by atoms with van der Waals surface area (Å²) in [5.41, 5.74) is 3.36. The van der Waals surface area contributed by atoms with Gasteiger partial charge in [-0.25, -0.2) is 4.39 Å². The molecule has 0 atom stereocenters. The monoisotopic (exact) mass is 456 g/mol. The average Bonchev–Trinajstić information content (AvgIpc) is 2.78. The van der Waals surface area contributed by atoms with Crippen LogP contribution in [0.5, 0.6) is 11.5 Å². The molecule has 0 saturated heterocycles. The highest BCUT2D eigenvalue weighted by atomic mass is 35.5. The standard InChI is InChI=1S/C25H26ClFN2O3/c1-17-7-9-20(10-8-17)29-24(30)16-32-25-21(26)13-18(14-23(25)31-2)15-28-12-11-19-5-3-4-6-22(19)27/h3-10,13-14,28H,11-12,15-16H2,1-2H3,(H,29,30). The third-order valence-corrected chi connectivity index (χ3v) is 5.11. The van der Waals surface area contributed by atoms with E-state index < -0.39 is 0 Å². The molecule has 5 nitrogen and oxygen atoms in total. The zero-order chi connectivity index (χ0) is 22.9. The van der Waals surface area contributed by atoms with Gasteiger partial charge in [-0.15, -0.1) is 0 Å². The van der Waals surface area contributed by atoms with Crippen LogP contribution in [0, 0.1) is 12.7 Å². The molecule has 7 heteroatoms. The fraction of sp³-hybridized carbons (Fsp3) is 0.240. The summed E-state index contributed by atoms with van der Waals surface area (Å²) in [6.07, 6.45) is 0.578. The van der Waals surface area contributed by atoms with Crippen LogP contribution in [0.2, 0.25) is 5.02 Å². The van der Waals surface area contributed by atoms with Crippen LogP contribution in [0.25, 0.3) is 0 Å². The molecule has 0 unspecified atom stereocenters. The number of hydrogen-bond acceptors (Lipinski definition) is 4. The van der Waals surface area contributed by atoms with Crippen LogP contribution in [-0.2, 0) is 17.8 Å². The van der Waals surface area contributed by atoms with Crippen molar-refractivity contribution in [2.45, 2.75) is 19.9 Å². The van der Waals surface area contributed by atoms with Gasteiger partial charge in [-0.05, 0) is 61.3 Å². The van der Waals surface area contributed by atoms with Gasteiger partial charge in [0.1, 0.15) is 5.82 Å². The van der Waals surface area contributed by atoms with Crippen LogP contribution >= 0.6 is 11.6 Å². The first-order valence-corrected chi connectivity index (χ1v) is 10.6. The van der Waals surface area contributed by atoms with E-state index in [9.17, 15) is 9.18 Å². The van der Waals surface area contributed by atoms with Crippen molar-refractivity contribution in [2.75, 3.05) is 25.6 Å². The molecule has 3 rings (SSSR count). The maximum Gasteiger partial charge on any atom is 0.262 e. The predicted octanol–water partition coefficient (Wildman–Crippen LogP) is 5.15. The van der Waals surface area contributed by atoms with Crippen LogP contribution < -0.4 is 20.1 Å². The van der Waals surface area contributed by atoms with Gasteiger partial charge in [0.15, 0.2) is 18.1 Å². The number of carbonyl (C=O) groups is 1. The quantitative estimate of drug-likeness (QED) is 0.414. The maximum absolute atomic E-state index is 13.7. The Labute approximate surface area is 192 Å². The van der Waals surface area contributed by atoms with Crippen molar-refractivity contribution in [2.24, 2.45) is 0 Å². The van der Waals surface area contributed by atoms with E-state index in [0.717, 1.165) is 11.1 Å². The van der Waals surface area contributed by atoms with Crippen molar-refractivity contribution in [3.63, 3.8) is 0 Å². The summed E-state index contributed by atoms with van der Waals surface area (Å²) in [6, 6.07) is 17.8. The van der Waals surface area contributed by atoms with E-state index in [4.69, 9.17) is 21.1 Å². The molecular weight excluding hydrogens is 431 g/mol. The second-order valence-corrected chi connectivity index (χ2v) is 7.74. The van der Waals surface area contributed by atoms with Gasteiger partial charge in [-0.1, -0.05) is 47.5 Å². The molecule has 0 aliphatic carbocycles. The van der Waals surface area contributed by atoms with Crippen molar-refractivity contribution in [3.05, 3.63) is 88.2 Å². The Morgan fingerprint density at radius 2 is 1.84 bits per heavy atom. The van der Waals surface area contributed by atoms with Crippen LogP contribution in [-0.4, -0.2) is 26.2 Å². The Morgan fingerprint density at radius 3 is 2.56 bits per heavy atom. The first-order chi connectivity index (χ1) is 15.5. The van der Waals surface area contributed by atoms with Gasteiger partial charge in [-0.3, -0.25) is 4.79 Å². The fourth-order valence-electron chi connectivity index (χ4n) is 3.14. The van der Waals surface area contributed by atoms with Gasteiger partial charge in [0.25, 0.3) is 5.91 Å². The van der Waals surface area contributed by atoms with Crippen LogP contribution in [0.3, 0.4) is 0 Å². The summed E-state index contributed by atoms with van der Waals surface area (Å²) >= 11 is 6.39. The van der Waals surface area contributed by atoms with Gasteiger partial charge in [-0.2, -0.15) is 0 Å². The number of carbonyl (C=O) groups excluding carboxylic acids is 1. The number of aryl methyl sites for hydroxylation is 1. The summed E-state index contributed by atoms with van der Waals surface area (Å²) in [5, 5.41) is 6.39. The van der Waals surface area contributed by atoms with E-state index in [0.29, 0.717) is 47.3 Å². The third kappa shape index (κ3) is 6.70. The minimum absolute atomic E-state index is 0.202. The average molecular weight is 457 g/mol. The van der Waals surface area contributed by atoms with Gasteiger partial charge >= 0.3 is 0 Å². The van der Waals surface area contributed by atoms with Gasteiger partial charge < -0.3 is 20.1 Å². The second-order valence-electron chi connectivity index (χ2n) is 7.33. The Morgan fingerprint density at radius 1 is 1.09 bits per heavy atom. The highest BCUT2D eigenvalue weighted by molar-refractivity contribution is 6.32. The molecule has 0 heterocycles. The molecular formula is C25H26ClFN2O3. The molecule has 0 aromatic heterocycles. The molecule has 0 spiro atoms. The molecule has 0 aliphatic heterocycles. The highest BCUT2D eigenvalue weighted by Crippen LogP contribution is 2.36. The van der Waals surface area contributed by atoms with E-state index in [1.165, 1.54) is 13.2 Å². The van der Waals surface area contributed by atoms with E-state index >= 15 is 0 Å². The topological polar surface area (TPSA) is 59.6 Å². The summed E-state index contributed by atoms with van der Waals surface area (Å²) in [7, 11) is 1.51. The number of methoxy groups -OCH3 is 1. The summed E-state index contributed by atoms with van der Waals surface area (Å²) in [6.45, 7) is 2.91. The number of rotatable bonds is 10. The molecule has 32 heavy (non-hydrogen) atoms. The minimum atomic E-state index is -0.300. The molecule has 0 fully saturated rings. The summed E-state index contributed by atoms with van der Waals surface area (Å²) in [5.74, 6) is 0.243. The lowest BCUT2D eigenvalue weighted by Crippen LogP contribution is -2.20. The summed E-state index contributed by atoms with van der Waals surface area (Å²) < 4.78 is 24.7. The molecule has 1 amide bonds. The molecule has 3 aromatic carbocycles. The normalized spacial score (nSPS) is 10.6. The van der Waals surface area contributed by atoms with Crippen molar-refractivity contribution in [1.29, 1.82) is 0 Å². The van der Waals surface area contributed by atoms with E-state index in [1.54, 1.807) is 24.3 Å². The fourth-order valence-corrected chi connectivity index (χ4v) is 3.43. The van der Waals surface area contributed by atoms with Gasteiger partial charge in [0.05, 0.1) is 12.1 Å². The Balaban J connectivity index is 1.54. The van der Waals surface area contributed by atoms with Crippen molar-refractivity contribution in [3.8, 4) is 11.5 Å². The molecule has 0 saturated carbocycles. The number of ether oxygens (including phenoxy) is 2. The summed E-state index contributed by atoms with van der Waals surface area (Å²) in [4.78, 5) is 12.2. The molecule has 3 aromatic rings. The minimum Gasteiger partial charge on any atom is -0.493 e. The number of halogens is 2. The lowest BCUT2D eigenvalue weighted by Gasteiger charge is -2.15. The highest BCUT2D eigenvalue weighted by Gasteiger charge is 2.14. The molecule has 168 valence electrons. The largest absolute Gasteiger partial charge is 0.493 e. The Hall–Kier alpha value is -3.09. The van der Waals surface area contributed by atoms with E-state index in [-0.39, 0.29) is 18.3 Å².